The van der Waals surface area contributed by atoms with Gasteiger partial charge in [-0.25, -0.2) is 0 Å². The van der Waals surface area contributed by atoms with Crippen LogP contribution in [0, 0.1) is 0 Å². The molecule has 1 N–H and O–H groups in total. The molecule has 0 amide bonds. The Morgan fingerprint density at radius 1 is 1.04 bits per heavy atom. The lowest BCUT2D eigenvalue weighted by Gasteiger charge is -2.15. The van der Waals surface area contributed by atoms with Gasteiger partial charge in [0.05, 0.1) is 12.1 Å². The Hall–Kier alpha value is -1.17. The molecule has 2 aromatic rings. The van der Waals surface area contributed by atoms with E-state index in [9.17, 15) is 0 Å². The van der Waals surface area contributed by atoms with Crippen molar-refractivity contribution in [1.29, 1.82) is 0 Å². The van der Waals surface area contributed by atoms with Crippen LogP contribution in [0.2, 0.25) is 15.1 Å². The molecule has 2 aromatic carbocycles. The first-order valence-corrected chi connectivity index (χ1v) is 9.32. The van der Waals surface area contributed by atoms with Crippen LogP contribution in [-0.4, -0.2) is 39.2 Å². The van der Waals surface area contributed by atoms with Crippen LogP contribution in [-0.2, 0) is 13.2 Å². The first-order chi connectivity index (χ1) is 12.4. The second kappa shape index (κ2) is 10.2. The van der Waals surface area contributed by atoms with Gasteiger partial charge in [-0.1, -0.05) is 40.9 Å². The van der Waals surface area contributed by atoms with Gasteiger partial charge in [0, 0.05) is 35.2 Å². The third-order valence-electron chi connectivity index (χ3n) is 3.74. The van der Waals surface area contributed by atoms with Crippen molar-refractivity contribution < 1.29 is 9.47 Å². The summed E-state index contributed by atoms with van der Waals surface area (Å²) >= 11 is 18.5. The minimum atomic E-state index is 0.270. The third kappa shape index (κ3) is 6.22. The molecule has 0 atom stereocenters. The summed E-state index contributed by atoms with van der Waals surface area (Å²) < 4.78 is 11.3. The van der Waals surface area contributed by atoms with Crippen molar-refractivity contribution in [3.8, 4) is 11.5 Å². The summed E-state index contributed by atoms with van der Waals surface area (Å²) in [6.45, 7) is 2.83. The molecule has 0 radical (unpaired) electrons. The zero-order valence-corrected chi connectivity index (χ0v) is 17.4. The van der Waals surface area contributed by atoms with Crippen molar-refractivity contribution >= 4 is 34.8 Å². The van der Waals surface area contributed by atoms with Crippen LogP contribution in [0.4, 0.5) is 0 Å². The van der Waals surface area contributed by atoms with E-state index >= 15 is 0 Å². The van der Waals surface area contributed by atoms with Crippen molar-refractivity contribution in [2.24, 2.45) is 0 Å². The maximum atomic E-state index is 6.41. The van der Waals surface area contributed by atoms with E-state index < -0.39 is 0 Å². The number of ether oxygens (including phenoxy) is 2. The van der Waals surface area contributed by atoms with Gasteiger partial charge in [0.1, 0.15) is 6.61 Å². The maximum Gasteiger partial charge on any atom is 0.180 e. The van der Waals surface area contributed by atoms with Gasteiger partial charge in [-0.15, -0.1) is 0 Å². The predicted octanol–water partition coefficient (Wildman–Crippen LogP) is 4.89. The van der Waals surface area contributed by atoms with Gasteiger partial charge < -0.3 is 19.7 Å². The minimum absolute atomic E-state index is 0.270. The van der Waals surface area contributed by atoms with Crippen molar-refractivity contribution in [1.82, 2.24) is 10.2 Å². The number of hydrogen-bond donors (Lipinski definition) is 1. The van der Waals surface area contributed by atoms with Crippen LogP contribution in [0.5, 0.6) is 11.5 Å². The number of likely N-dealkylation sites (N-methyl/N-ethyl adjacent to an activating group) is 1. The van der Waals surface area contributed by atoms with Crippen LogP contribution in [0.1, 0.15) is 11.1 Å². The molecule has 0 spiro atoms. The van der Waals surface area contributed by atoms with Gasteiger partial charge in [0.25, 0.3) is 0 Å². The lowest BCUT2D eigenvalue weighted by atomic mass is 10.2. The van der Waals surface area contributed by atoms with Crippen LogP contribution in [0.3, 0.4) is 0 Å². The zero-order chi connectivity index (χ0) is 19.1. The zero-order valence-electron chi connectivity index (χ0n) is 15.1. The number of hydrogen-bond acceptors (Lipinski definition) is 4. The van der Waals surface area contributed by atoms with Crippen LogP contribution in [0.25, 0.3) is 0 Å². The van der Waals surface area contributed by atoms with Gasteiger partial charge in [-0.2, -0.15) is 0 Å². The molecule has 0 saturated heterocycles. The number of halogens is 3. The molecule has 0 bridgehead atoms. The molecule has 0 fully saturated rings. The summed E-state index contributed by atoms with van der Waals surface area (Å²) in [6, 6.07) is 9.09. The van der Waals surface area contributed by atoms with Gasteiger partial charge in [-0.05, 0) is 43.9 Å². The molecular formula is C19H23Cl3N2O2. The van der Waals surface area contributed by atoms with Crippen LogP contribution in [0.15, 0.2) is 30.3 Å². The highest BCUT2D eigenvalue weighted by Crippen LogP contribution is 2.37. The first-order valence-electron chi connectivity index (χ1n) is 8.19. The van der Waals surface area contributed by atoms with Gasteiger partial charge in [0.2, 0.25) is 0 Å². The Bertz CT molecular complexity index is 739. The summed E-state index contributed by atoms with van der Waals surface area (Å²) in [5, 5.41) is 5.01. The molecule has 7 heteroatoms. The van der Waals surface area contributed by atoms with Crippen LogP contribution >= 0.6 is 34.8 Å². The molecule has 26 heavy (non-hydrogen) atoms. The summed E-state index contributed by atoms with van der Waals surface area (Å²) in [4.78, 5) is 2.12. The van der Waals surface area contributed by atoms with E-state index in [4.69, 9.17) is 44.3 Å². The standard InChI is InChI=1S/C19H23Cl3N2O2/c1-24(2)7-6-23-11-13-8-17(22)19(18(9-13)25-3)26-12-14-4-5-15(20)10-16(14)21/h4-5,8-10,23H,6-7,11-12H2,1-3H3. The van der Waals surface area contributed by atoms with Crippen molar-refractivity contribution in [3.63, 3.8) is 0 Å². The Balaban J connectivity index is 2.06. The van der Waals surface area contributed by atoms with E-state index in [2.05, 4.69) is 10.2 Å². The molecule has 0 aromatic heterocycles. The summed E-state index contributed by atoms with van der Waals surface area (Å²) in [7, 11) is 5.68. The van der Waals surface area contributed by atoms with E-state index in [1.807, 2.05) is 32.3 Å². The minimum Gasteiger partial charge on any atom is -0.493 e. The number of nitrogens with zero attached hydrogens (tertiary/aromatic N) is 1. The second-order valence-electron chi connectivity index (χ2n) is 6.11. The molecule has 142 valence electrons. The quantitative estimate of drug-likeness (QED) is 0.589. The van der Waals surface area contributed by atoms with Crippen molar-refractivity contribution in [3.05, 3.63) is 56.5 Å². The predicted molar refractivity (Wildman–Crippen MR) is 109 cm³/mol. The highest BCUT2D eigenvalue weighted by Gasteiger charge is 2.13. The van der Waals surface area contributed by atoms with E-state index in [1.165, 1.54) is 0 Å². The fourth-order valence-corrected chi connectivity index (χ4v) is 3.09. The average Bonchev–Trinajstić information content (AvgIpc) is 2.58. The normalized spacial score (nSPS) is 11.0. The Morgan fingerprint density at radius 3 is 2.46 bits per heavy atom. The largest absolute Gasteiger partial charge is 0.493 e. The Kier molecular flexibility index (Phi) is 8.32. The van der Waals surface area contributed by atoms with Crippen LogP contribution < -0.4 is 14.8 Å². The fourth-order valence-electron chi connectivity index (χ4n) is 2.34. The molecule has 2 rings (SSSR count). The molecular weight excluding hydrogens is 395 g/mol. The maximum absolute atomic E-state index is 6.41. The number of methoxy groups -OCH3 is 1. The highest BCUT2D eigenvalue weighted by molar-refractivity contribution is 6.35. The molecule has 0 unspecified atom stereocenters. The van der Waals surface area contributed by atoms with E-state index in [-0.39, 0.29) is 6.61 Å². The molecule has 4 nitrogen and oxygen atoms in total. The summed E-state index contributed by atoms with van der Waals surface area (Å²) in [6.07, 6.45) is 0. The topological polar surface area (TPSA) is 33.7 Å². The third-order valence-corrected chi connectivity index (χ3v) is 4.61. The molecule has 0 saturated carbocycles. The van der Waals surface area contributed by atoms with E-state index in [0.717, 1.165) is 24.2 Å². The SMILES string of the molecule is COc1cc(CNCCN(C)C)cc(Cl)c1OCc1ccc(Cl)cc1Cl. The number of benzene rings is 2. The molecule has 0 heterocycles. The first kappa shape index (κ1) is 21.1. The number of rotatable bonds is 9. The lowest BCUT2D eigenvalue weighted by Crippen LogP contribution is -2.26. The fraction of sp³-hybridized carbons (Fsp3) is 0.368. The molecule has 0 aliphatic carbocycles. The summed E-state index contributed by atoms with van der Waals surface area (Å²) in [5.41, 5.74) is 1.85. The lowest BCUT2D eigenvalue weighted by molar-refractivity contribution is 0.284. The molecule has 0 aliphatic rings. The monoisotopic (exact) mass is 416 g/mol. The van der Waals surface area contributed by atoms with E-state index in [1.54, 1.807) is 19.2 Å². The van der Waals surface area contributed by atoms with E-state index in [0.29, 0.717) is 33.1 Å². The van der Waals surface area contributed by atoms with Crippen molar-refractivity contribution in [2.75, 3.05) is 34.3 Å². The van der Waals surface area contributed by atoms with Gasteiger partial charge in [0.15, 0.2) is 11.5 Å². The van der Waals surface area contributed by atoms with Gasteiger partial charge in [-0.3, -0.25) is 0 Å². The van der Waals surface area contributed by atoms with Gasteiger partial charge >= 0.3 is 0 Å². The highest BCUT2D eigenvalue weighted by atomic mass is 35.5. The Labute approximate surface area is 169 Å². The Morgan fingerprint density at radius 2 is 1.81 bits per heavy atom. The number of nitrogens with one attached hydrogen (secondary N) is 1. The molecule has 0 aliphatic heterocycles. The van der Waals surface area contributed by atoms with Crippen molar-refractivity contribution in [2.45, 2.75) is 13.2 Å². The smallest absolute Gasteiger partial charge is 0.180 e. The average molecular weight is 418 g/mol. The second-order valence-corrected chi connectivity index (χ2v) is 7.36. The summed E-state index contributed by atoms with van der Waals surface area (Å²) in [5.74, 6) is 1.09.